The summed E-state index contributed by atoms with van der Waals surface area (Å²) in [6, 6.07) is 2.30. The predicted molar refractivity (Wildman–Crippen MR) is 62.7 cm³/mol. The smallest absolute Gasteiger partial charge is 0.396 e. The van der Waals surface area contributed by atoms with Crippen LogP contribution in [0.2, 0.25) is 0 Å². The van der Waals surface area contributed by atoms with Gasteiger partial charge in [0, 0.05) is 12.1 Å². The van der Waals surface area contributed by atoms with Crippen molar-refractivity contribution in [3.05, 3.63) is 35.8 Å². The van der Waals surface area contributed by atoms with Crippen molar-refractivity contribution in [3.8, 4) is 5.82 Å². The summed E-state index contributed by atoms with van der Waals surface area (Å²) in [5.74, 6) is 0.693. The van der Waals surface area contributed by atoms with Crippen LogP contribution in [0.5, 0.6) is 0 Å². The number of nitrogen functional groups attached to an aromatic ring is 1. The maximum absolute atomic E-state index is 12.5. The van der Waals surface area contributed by atoms with Gasteiger partial charge < -0.3 is 5.73 Å². The molecule has 3 rings (SSSR count). The molecular weight excluding hydrogens is 257 g/mol. The molecular formula is C12H11F3N4. The summed E-state index contributed by atoms with van der Waals surface area (Å²) in [5, 5.41) is 4.09. The first-order valence-electron chi connectivity index (χ1n) is 5.84. The van der Waals surface area contributed by atoms with E-state index in [2.05, 4.69) is 10.1 Å². The highest BCUT2D eigenvalue weighted by atomic mass is 19.4. The Labute approximate surface area is 107 Å². The van der Waals surface area contributed by atoms with E-state index in [9.17, 15) is 13.2 Å². The Morgan fingerprint density at radius 2 is 1.95 bits per heavy atom. The Morgan fingerprint density at radius 1 is 1.21 bits per heavy atom. The van der Waals surface area contributed by atoms with E-state index in [-0.39, 0.29) is 0 Å². The zero-order valence-electron chi connectivity index (χ0n) is 9.85. The topological polar surface area (TPSA) is 56.7 Å². The molecule has 0 amide bonds. The molecule has 1 saturated carbocycles. The second kappa shape index (κ2) is 3.97. The molecule has 2 aromatic rings. The van der Waals surface area contributed by atoms with Crippen molar-refractivity contribution in [2.75, 3.05) is 5.73 Å². The third kappa shape index (κ3) is 2.16. The van der Waals surface area contributed by atoms with E-state index in [0.29, 0.717) is 17.4 Å². The van der Waals surface area contributed by atoms with Crippen molar-refractivity contribution < 1.29 is 13.2 Å². The minimum absolute atomic E-state index is 0.339. The first-order valence-corrected chi connectivity index (χ1v) is 5.84. The molecule has 0 radical (unpaired) electrons. The van der Waals surface area contributed by atoms with Crippen molar-refractivity contribution >= 4 is 5.69 Å². The van der Waals surface area contributed by atoms with Crippen LogP contribution >= 0.6 is 0 Å². The number of aromatic nitrogens is 3. The molecule has 1 aliphatic rings. The molecule has 2 N–H and O–H groups in total. The van der Waals surface area contributed by atoms with Crippen LogP contribution in [0.15, 0.2) is 24.5 Å². The van der Waals surface area contributed by atoms with Crippen LogP contribution in [0.3, 0.4) is 0 Å². The molecule has 1 fully saturated rings. The highest BCUT2D eigenvalue weighted by molar-refractivity contribution is 5.48. The summed E-state index contributed by atoms with van der Waals surface area (Å²) in [6.45, 7) is 0. The second-order valence-corrected chi connectivity index (χ2v) is 4.57. The lowest BCUT2D eigenvalue weighted by Crippen LogP contribution is -2.08. The van der Waals surface area contributed by atoms with Gasteiger partial charge in [-0.3, -0.25) is 0 Å². The highest BCUT2D eigenvalue weighted by Crippen LogP contribution is 2.43. The molecule has 0 saturated heterocycles. The number of alkyl halides is 3. The van der Waals surface area contributed by atoms with Gasteiger partial charge in [0.05, 0.1) is 23.1 Å². The summed E-state index contributed by atoms with van der Waals surface area (Å²) >= 11 is 0. The van der Waals surface area contributed by atoms with Gasteiger partial charge in [0.1, 0.15) is 0 Å². The van der Waals surface area contributed by atoms with Crippen molar-refractivity contribution in [2.24, 2.45) is 0 Å². The van der Waals surface area contributed by atoms with E-state index in [4.69, 9.17) is 5.73 Å². The van der Waals surface area contributed by atoms with E-state index in [1.54, 1.807) is 0 Å². The molecule has 2 heterocycles. The summed E-state index contributed by atoms with van der Waals surface area (Å²) in [4.78, 5) is 3.82. The Bertz CT molecular complexity index is 596. The van der Waals surface area contributed by atoms with E-state index in [0.717, 1.165) is 30.8 Å². The Kier molecular flexibility index (Phi) is 2.51. The lowest BCUT2D eigenvalue weighted by Gasteiger charge is -2.09. The summed E-state index contributed by atoms with van der Waals surface area (Å²) < 4.78 is 38.9. The maximum atomic E-state index is 12.5. The van der Waals surface area contributed by atoms with E-state index in [1.807, 2.05) is 0 Å². The molecule has 4 nitrogen and oxygen atoms in total. The zero-order chi connectivity index (χ0) is 13.6. The van der Waals surface area contributed by atoms with Gasteiger partial charge in [-0.25, -0.2) is 9.67 Å². The monoisotopic (exact) mass is 268 g/mol. The molecule has 0 spiro atoms. The van der Waals surface area contributed by atoms with E-state index in [1.165, 1.54) is 16.9 Å². The summed E-state index contributed by atoms with van der Waals surface area (Å²) in [7, 11) is 0. The molecule has 7 heteroatoms. The summed E-state index contributed by atoms with van der Waals surface area (Å²) in [6.07, 6.45) is -0.0159. The van der Waals surface area contributed by atoms with E-state index < -0.39 is 11.7 Å². The predicted octanol–water partition coefficient (Wildman–Crippen LogP) is 2.75. The minimum Gasteiger partial charge on any atom is -0.396 e. The van der Waals surface area contributed by atoms with Crippen LogP contribution < -0.4 is 5.73 Å². The fourth-order valence-corrected chi connectivity index (χ4v) is 2.00. The number of nitrogens with zero attached hydrogens (tertiary/aromatic N) is 3. The third-order valence-corrected chi connectivity index (χ3v) is 3.09. The van der Waals surface area contributed by atoms with Crippen LogP contribution in [0, 0.1) is 0 Å². The summed E-state index contributed by atoms with van der Waals surface area (Å²) in [5.41, 5.74) is 6.45. The highest BCUT2D eigenvalue weighted by Gasteiger charge is 2.32. The molecule has 1 aliphatic carbocycles. The van der Waals surface area contributed by atoms with Crippen molar-refractivity contribution in [3.63, 3.8) is 0 Å². The van der Waals surface area contributed by atoms with Crippen LogP contribution in [0.1, 0.15) is 30.0 Å². The molecule has 0 atom stereocenters. The molecule has 2 aromatic heterocycles. The normalized spacial score (nSPS) is 15.7. The fraction of sp³-hybridized carbons (Fsp3) is 0.333. The first kappa shape index (κ1) is 12.0. The number of pyridine rings is 1. The van der Waals surface area contributed by atoms with Crippen LogP contribution in [-0.2, 0) is 6.18 Å². The molecule has 0 aliphatic heterocycles. The Morgan fingerprint density at radius 3 is 2.47 bits per heavy atom. The molecule has 0 unspecified atom stereocenters. The molecule has 19 heavy (non-hydrogen) atoms. The number of hydrogen-bond donors (Lipinski definition) is 1. The van der Waals surface area contributed by atoms with Crippen LogP contribution in [-0.4, -0.2) is 14.8 Å². The quantitative estimate of drug-likeness (QED) is 0.911. The lowest BCUT2D eigenvalue weighted by atomic mass is 10.2. The average Bonchev–Trinajstić information content (AvgIpc) is 3.12. The number of rotatable bonds is 2. The van der Waals surface area contributed by atoms with Gasteiger partial charge in [-0.2, -0.15) is 18.3 Å². The number of anilines is 1. The number of hydrogen-bond acceptors (Lipinski definition) is 3. The van der Waals surface area contributed by atoms with Gasteiger partial charge in [-0.1, -0.05) is 0 Å². The fourth-order valence-electron chi connectivity index (χ4n) is 2.00. The van der Waals surface area contributed by atoms with Gasteiger partial charge in [0.2, 0.25) is 0 Å². The van der Waals surface area contributed by atoms with E-state index >= 15 is 0 Å². The number of nitrogens with two attached hydrogens (primary N) is 1. The van der Waals surface area contributed by atoms with Gasteiger partial charge in [-0.05, 0) is 25.0 Å². The van der Waals surface area contributed by atoms with Gasteiger partial charge in [0.15, 0.2) is 5.82 Å². The van der Waals surface area contributed by atoms with Gasteiger partial charge >= 0.3 is 6.18 Å². The average molecular weight is 268 g/mol. The number of halogens is 3. The lowest BCUT2D eigenvalue weighted by molar-refractivity contribution is -0.137. The van der Waals surface area contributed by atoms with Crippen molar-refractivity contribution in [1.82, 2.24) is 14.8 Å². The molecule has 100 valence electrons. The van der Waals surface area contributed by atoms with Crippen molar-refractivity contribution in [2.45, 2.75) is 24.9 Å². The Hall–Kier alpha value is -2.05. The standard InChI is InChI=1S/C12H11F3N4/c13-12(14,15)8-3-4-10(17-5-8)19-11(7-1-2-7)9(16)6-18-19/h3-7H,1-2,16H2. The molecule has 0 bridgehead atoms. The minimum atomic E-state index is -4.38. The zero-order valence-corrected chi connectivity index (χ0v) is 9.85. The maximum Gasteiger partial charge on any atom is 0.417 e. The largest absolute Gasteiger partial charge is 0.417 e. The third-order valence-electron chi connectivity index (χ3n) is 3.09. The van der Waals surface area contributed by atoms with Gasteiger partial charge in [0.25, 0.3) is 0 Å². The van der Waals surface area contributed by atoms with Crippen LogP contribution in [0.4, 0.5) is 18.9 Å². The first-order chi connectivity index (χ1) is 8.97. The van der Waals surface area contributed by atoms with Gasteiger partial charge in [-0.15, -0.1) is 0 Å². The van der Waals surface area contributed by atoms with Crippen LogP contribution in [0.25, 0.3) is 5.82 Å². The Balaban J connectivity index is 1.99. The second-order valence-electron chi connectivity index (χ2n) is 4.57. The SMILES string of the molecule is Nc1cnn(-c2ccc(C(F)(F)F)cn2)c1C1CC1. The molecule has 0 aromatic carbocycles. The van der Waals surface area contributed by atoms with Crippen molar-refractivity contribution in [1.29, 1.82) is 0 Å².